The largest absolute Gasteiger partial charge is 0.364 e. The molecule has 0 aliphatic heterocycles. The first-order valence-corrected chi connectivity index (χ1v) is 2.36. The number of rotatable bonds is 4. The maximum Gasteiger partial charge on any atom is 0.119 e. The van der Waals surface area contributed by atoms with Gasteiger partial charge in [0.2, 0.25) is 0 Å². The molecule has 2 N–H and O–H groups in total. The van der Waals surface area contributed by atoms with Crippen molar-refractivity contribution in [1.29, 1.82) is 0 Å². The van der Waals surface area contributed by atoms with Crippen molar-refractivity contribution >= 4 is 0 Å². The Balaban J connectivity index is 2.45. The molecule has 0 aliphatic rings. The van der Waals surface area contributed by atoms with Gasteiger partial charge in [-0.15, -0.1) is 0 Å². The van der Waals surface area contributed by atoms with Gasteiger partial charge in [-0.25, -0.2) is 0 Å². The molecule has 0 saturated heterocycles. The van der Waals surface area contributed by atoms with E-state index in [-0.39, 0.29) is 6.73 Å². The summed E-state index contributed by atoms with van der Waals surface area (Å²) in [4.78, 5) is 0. The van der Waals surface area contributed by atoms with Gasteiger partial charge in [0.1, 0.15) is 6.73 Å². The van der Waals surface area contributed by atoms with Gasteiger partial charge in [-0.05, 0) is 6.42 Å². The van der Waals surface area contributed by atoms with Gasteiger partial charge in [-0.3, -0.25) is 0 Å². The summed E-state index contributed by atoms with van der Waals surface area (Å²) >= 11 is 0. The molecule has 44 valence electrons. The summed E-state index contributed by atoms with van der Waals surface area (Å²) in [5.41, 5.74) is 1.88. The summed E-state index contributed by atoms with van der Waals surface area (Å²) in [6.07, 6.45) is 0.988. The first kappa shape index (κ1) is 6.88. The zero-order valence-electron chi connectivity index (χ0n) is 4.48. The fourth-order valence-corrected chi connectivity index (χ4v) is 0.262. The van der Waals surface area contributed by atoms with Crippen molar-refractivity contribution in [2.45, 2.75) is 13.3 Å². The molecule has 0 spiro atoms. The molecule has 7 heavy (non-hydrogen) atoms. The second-order valence-corrected chi connectivity index (χ2v) is 1.21. The van der Waals surface area contributed by atoms with Gasteiger partial charge in [0.15, 0.2) is 0 Å². The van der Waals surface area contributed by atoms with Crippen LogP contribution in [0.1, 0.15) is 13.3 Å². The predicted octanol–water partition coefficient (Wildman–Crippen LogP) is 0.349. The van der Waals surface area contributed by atoms with Crippen LogP contribution in [0.15, 0.2) is 0 Å². The number of ether oxygens (including phenoxy) is 1. The van der Waals surface area contributed by atoms with Crippen LogP contribution in [0.5, 0.6) is 0 Å². The van der Waals surface area contributed by atoms with E-state index in [0.29, 0.717) is 6.61 Å². The van der Waals surface area contributed by atoms with E-state index >= 15 is 0 Å². The normalized spacial score (nSPS) is 9.43. The molecular weight excluding hydrogens is 94.0 g/mol. The van der Waals surface area contributed by atoms with Crippen LogP contribution in [0.2, 0.25) is 0 Å². The summed E-state index contributed by atoms with van der Waals surface area (Å²) in [6, 6.07) is 0. The van der Waals surface area contributed by atoms with Crippen LogP contribution in [-0.4, -0.2) is 18.5 Å². The van der Waals surface area contributed by atoms with E-state index < -0.39 is 0 Å². The molecule has 0 saturated carbocycles. The molecule has 0 rings (SSSR count). The molecule has 0 aromatic carbocycles. The SMILES string of the molecule is CCCOCNO. The van der Waals surface area contributed by atoms with Crippen molar-refractivity contribution in [1.82, 2.24) is 5.48 Å². The highest BCUT2D eigenvalue weighted by molar-refractivity contribution is 4.19. The van der Waals surface area contributed by atoms with Gasteiger partial charge in [0, 0.05) is 6.61 Å². The third kappa shape index (κ3) is 5.88. The maximum atomic E-state index is 7.92. The van der Waals surface area contributed by atoms with Gasteiger partial charge in [0.05, 0.1) is 0 Å². The Hall–Kier alpha value is -0.120. The molecule has 0 aromatic rings. The lowest BCUT2D eigenvalue weighted by Gasteiger charge is -1.96. The van der Waals surface area contributed by atoms with E-state index in [4.69, 9.17) is 9.94 Å². The van der Waals surface area contributed by atoms with Gasteiger partial charge in [-0.1, -0.05) is 6.92 Å². The molecular formula is C4H11NO2. The molecule has 0 bridgehead atoms. The van der Waals surface area contributed by atoms with Crippen molar-refractivity contribution in [3.8, 4) is 0 Å². The fourth-order valence-electron chi connectivity index (χ4n) is 0.262. The van der Waals surface area contributed by atoms with Crippen molar-refractivity contribution in [3.05, 3.63) is 0 Å². The Morgan fingerprint density at radius 1 is 1.71 bits per heavy atom. The number of hydrogen-bond acceptors (Lipinski definition) is 3. The van der Waals surface area contributed by atoms with Crippen LogP contribution in [0.3, 0.4) is 0 Å². The molecule has 0 aliphatic carbocycles. The molecule has 3 heteroatoms. The Morgan fingerprint density at radius 3 is 2.86 bits per heavy atom. The smallest absolute Gasteiger partial charge is 0.119 e. The molecule has 0 fully saturated rings. The van der Waals surface area contributed by atoms with Gasteiger partial charge >= 0.3 is 0 Å². The Labute approximate surface area is 43.2 Å². The first-order chi connectivity index (χ1) is 3.41. The molecule has 0 radical (unpaired) electrons. The topological polar surface area (TPSA) is 41.5 Å². The van der Waals surface area contributed by atoms with E-state index in [1.54, 1.807) is 0 Å². The number of nitrogens with one attached hydrogen (secondary N) is 1. The van der Waals surface area contributed by atoms with Crippen molar-refractivity contribution in [3.63, 3.8) is 0 Å². The zero-order valence-corrected chi connectivity index (χ0v) is 4.48. The summed E-state index contributed by atoms with van der Waals surface area (Å²) < 4.78 is 4.77. The van der Waals surface area contributed by atoms with E-state index in [9.17, 15) is 0 Å². The standard InChI is InChI=1S/C4H11NO2/c1-2-3-7-4-5-6/h5-6H,2-4H2,1H3. The lowest BCUT2D eigenvalue weighted by Crippen LogP contribution is -2.12. The molecule has 0 atom stereocenters. The second kappa shape index (κ2) is 5.88. The minimum atomic E-state index is 0.230. The molecule has 0 amide bonds. The Kier molecular flexibility index (Phi) is 5.78. The predicted molar refractivity (Wildman–Crippen MR) is 26.0 cm³/mol. The minimum Gasteiger partial charge on any atom is -0.364 e. The highest BCUT2D eigenvalue weighted by atomic mass is 16.6. The van der Waals surface area contributed by atoms with Crippen LogP contribution in [0.25, 0.3) is 0 Å². The second-order valence-electron chi connectivity index (χ2n) is 1.21. The third-order valence-corrected chi connectivity index (χ3v) is 0.515. The number of hydrogen-bond donors (Lipinski definition) is 2. The lowest BCUT2D eigenvalue weighted by atomic mass is 10.5. The first-order valence-electron chi connectivity index (χ1n) is 2.36. The molecule has 0 unspecified atom stereocenters. The van der Waals surface area contributed by atoms with E-state index in [1.165, 1.54) is 0 Å². The zero-order chi connectivity index (χ0) is 5.54. The lowest BCUT2D eigenvalue weighted by molar-refractivity contribution is 0.0236. The minimum absolute atomic E-state index is 0.230. The van der Waals surface area contributed by atoms with Crippen LogP contribution in [0, 0.1) is 0 Å². The summed E-state index contributed by atoms with van der Waals surface area (Å²) in [7, 11) is 0. The fraction of sp³-hybridized carbons (Fsp3) is 1.00. The number of hydroxylamine groups is 1. The van der Waals surface area contributed by atoms with Crippen molar-refractivity contribution < 1.29 is 9.94 Å². The maximum absolute atomic E-state index is 7.92. The van der Waals surface area contributed by atoms with Gasteiger partial charge < -0.3 is 9.94 Å². The summed E-state index contributed by atoms with van der Waals surface area (Å²) in [6.45, 7) is 2.94. The van der Waals surface area contributed by atoms with Gasteiger partial charge in [0.25, 0.3) is 0 Å². The molecule has 3 nitrogen and oxygen atoms in total. The molecule has 0 heterocycles. The molecule has 0 aromatic heterocycles. The van der Waals surface area contributed by atoms with Crippen LogP contribution >= 0.6 is 0 Å². The van der Waals surface area contributed by atoms with Crippen LogP contribution in [0.4, 0.5) is 0 Å². The average molecular weight is 105 g/mol. The highest BCUT2D eigenvalue weighted by Crippen LogP contribution is 1.74. The van der Waals surface area contributed by atoms with Crippen molar-refractivity contribution in [2.24, 2.45) is 0 Å². The van der Waals surface area contributed by atoms with Crippen LogP contribution < -0.4 is 5.48 Å². The quantitative estimate of drug-likeness (QED) is 0.308. The van der Waals surface area contributed by atoms with E-state index in [2.05, 4.69) is 0 Å². The highest BCUT2D eigenvalue weighted by Gasteiger charge is 1.77. The van der Waals surface area contributed by atoms with Crippen molar-refractivity contribution in [2.75, 3.05) is 13.3 Å². The van der Waals surface area contributed by atoms with E-state index in [1.807, 2.05) is 12.4 Å². The van der Waals surface area contributed by atoms with Crippen LogP contribution in [-0.2, 0) is 4.74 Å². The monoisotopic (exact) mass is 105 g/mol. The van der Waals surface area contributed by atoms with E-state index in [0.717, 1.165) is 6.42 Å². The summed E-state index contributed by atoms with van der Waals surface area (Å²) in [5, 5.41) is 7.92. The third-order valence-electron chi connectivity index (χ3n) is 0.515. The van der Waals surface area contributed by atoms with Gasteiger partial charge in [-0.2, -0.15) is 5.48 Å². The summed E-state index contributed by atoms with van der Waals surface area (Å²) in [5.74, 6) is 0. The Bertz CT molecular complexity index is 28.9. The Morgan fingerprint density at radius 2 is 2.43 bits per heavy atom. The average Bonchev–Trinajstić information content (AvgIpc) is 1.69.